The van der Waals surface area contributed by atoms with E-state index in [4.69, 9.17) is 0 Å². The highest BCUT2D eigenvalue weighted by Crippen LogP contribution is 2.24. The summed E-state index contributed by atoms with van der Waals surface area (Å²) in [6.07, 6.45) is 5.85. The Morgan fingerprint density at radius 1 is 0.917 bits per heavy atom. The molecule has 2 aliphatic rings. The molecule has 0 bridgehead atoms. The first-order chi connectivity index (χ1) is 5.86. The second-order valence-corrected chi connectivity index (χ2v) is 5.25. The molecule has 0 amide bonds. The highest BCUT2D eigenvalue weighted by Gasteiger charge is 2.24. The Balaban J connectivity index is 1.80. The van der Waals surface area contributed by atoms with Crippen LogP contribution in [0.3, 0.4) is 0 Å². The molecule has 0 unspecified atom stereocenters. The van der Waals surface area contributed by atoms with Gasteiger partial charge in [-0.15, -0.1) is 0 Å². The van der Waals surface area contributed by atoms with Gasteiger partial charge in [0.2, 0.25) is 0 Å². The first-order valence-corrected chi connectivity index (χ1v) is 5.97. The lowest BCUT2D eigenvalue weighted by molar-refractivity contribution is 0.150. The zero-order valence-corrected chi connectivity index (χ0v) is 9.66. The third-order valence-corrected chi connectivity index (χ3v) is 4.07. The van der Waals surface area contributed by atoms with Gasteiger partial charge in [0.25, 0.3) is 0 Å². The van der Waals surface area contributed by atoms with Crippen molar-refractivity contribution in [3.63, 3.8) is 0 Å². The molecular weight excluding hydrogens is 263 g/mol. The van der Waals surface area contributed by atoms with Gasteiger partial charge in [0, 0.05) is 55.1 Å². The van der Waals surface area contributed by atoms with Crippen LogP contribution in [-0.2, 0) is 0 Å². The predicted molar refractivity (Wildman–Crippen MR) is 59.4 cm³/mol. The zero-order valence-electron chi connectivity index (χ0n) is 7.51. The lowest BCUT2D eigenvalue weighted by Crippen LogP contribution is -2.46. The Bertz CT molecular complexity index is 137. The smallest absolute Gasteiger partial charge is 0.0209 e. The van der Waals surface area contributed by atoms with Gasteiger partial charge in [-0.1, -0.05) is 12.8 Å². The van der Waals surface area contributed by atoms with Crippen molar-refractivity contribution in [3.05, 3.63) is 0 Å². The minimum absolute atomic E-state index is 0.940. The van der Waals surface area contributed by atoms with Crippen molar-refractivity contribution in [1.82, 2.24) is 8.01 Å². The summed E-state index contributed by atoms with van der Waals surface area (Å²) in [6.45, 7) is 5.12. The van der Waals surface area contributed by atoms with Gasteiger partial charge in [0.05, 0.1) is 0 Å². The van der Waals surface area contributed by atoms with Crippen LogP contribution >= 0.6 is 22.9 Å². The van der Waals surface area contributed by atoms with E-state index < -0.39 is 0 Å². The van der Waals surface area contributed by atoms with Crippen molar-refractivity contribution in [2.45, 2.75) is 31.7 Å². The average molecular weight is 280 g/mol. The van der Waals surface area contributed by atoms with Crippen LogP contribution in [0.1, 0.15) is 25.7 Å². The van der Waals surface area contributed by atoms with Gasteiger partial charge in [0.1, 0.15) is 0 Å². The molecule has 2 nitrogen and oxygen atoms in total. The normalized spacial score (nSPS) is 29.8. The standard InChI is InChI=1S/C9H17IN2/c10-12-7-5-11(6-8-12)9-3-1-2-4-9/h9H,1-8H2. The highest BCUT2D eigenvalue weighted by molar-refractivity contribution is 14.1. The molecule has 0 N–H and O–H groups in total. The maximum atomic E-state index is 2.70. The maximum absolute atomic E-state index is 2.70. The third kappa shape index (κ3) is 2.12. The number of hydrogen-bond acceptors (Lipinski definition) is 2. The van der Waals surface area contributed by atoms with Crippen molar-refractivity contribution in [2.75, 3.05) is 26.2 Å². The summed E-state index contributed by atoms with van der Waals surface area (Å²) in [5.41, 5.74) is 0. The van der Waals surface area contributed by atoms with E-state index in [2.05, 4.69) is 30.9 Å². The summed E-state index contributed by atoms with van der Waals surface area (Å²) in [6, 6.07) is 0.940. The van der Waals surface area contributed by atoms with Crippen molar-refractivity contribution in [1.29, 1.82) is 0 Å². The van der Waals surface area contributed by atoms with E-state index >= 15 is 0 Å². The molecule has 12 heavy (non-hydrogen) atoms. The van der Waals surface area contributed by atoms with Gasteiger partial charge in [-0.3, -0.25) is 4.90 Å². The molecule has 0 aromatic rings. The minimum atomic E-state index is 0.940. The molecule has 1 heterocycles. The fraction of sp³-hybridized carbons (Fsp3) is 1.00. The molecule has 1 saturated heterocycles. The van der Waals surface area contributed by atoms with Crippen LogP contribution in [0.15, 0.2) is 0 Å². The SMILES string of the molecule is IN1CCN(C2CCCC2)CC1. The van der Waals surface area contributed by atoms with Crippen molar-refractivity contribution in [3.8, 4) is 0 Å². The number of nitrogens with zero attached hydrogens (tertiary/aromatic N) is 2. The molecule has 0 atom stereocenters. The Kier molecular flexibility index (Phi) is 3.26. The lowest BCUT2D eigenvalue weighted by atomic mass is 10.2. The Morgan fingerprint density at radius 2 is 1.50 bits per heavy atom. The molecule has 1 saturated carbocycles. The zero-order chi connectivity index (χ0) is 8.39. The largest absolute Gasteiger partial charge is 0.298 e. The number of rotatable bonds is 1. The number of halogens is 1. The Labute approximate surface area is 88.8 Å². The molecule has 0 aromatic heterocycles. The monoisotopic (exact) mass is 280 g/mol. The van der Waals surface area contributed by atoms with Gasteiger partial charge in [-0.05, 0) is 12.8 Å². The Hall–Kier alpha value is 0.650. The fourth-order valence-corrected chi connectivity index (χ4v) is 2.76. The quantitative estimate of drug-likeness (QED) is 0.534. The number of piperazine rings is 1. The van der Waals surface area contributed by atoms with E-state index in [9.17, 15) is 0 Å². The van der Waals surface area contributed by atoms with Gasteiger partial charge in [-0.2, -0.15) is 0 Å². The van der Waals surface area contributed by atoms with Gasteiger partial charge in [0.15, 0.2) is 0 Å². The van der Waals surface area contributed by atoms with Crippen molar-refractivity contribution >= 4 is 22.9 Å². The summed E-state index contributed by atoms with van der Waals surface area (Å²) in [5, 5.41) is 0. The van der Waals surface area contributed by atoms with Gasteiger partial charge in [-0.25, -0.2) is 3.11 Å². The van der Waals surface area contributed by atoms with E-state index in [-0.39, 0.29) is 0 Å². The first kappa shape index (κ1) is 9.21. The molecule has 0 spiro atoms. The maximum Gasteiger partial charge on any atom is 0.0209 e. The van der Waals surface area contributed by atoms with Crippen LogP contribution < -0.4 is 0 Å². The second-order valence-electron chi connectivity index (χ2n) is 3.88. The second kappa shape index (κ2) is 4.24. The van der Waals surface area contributed by atoms with E-state index in [1.165, 1.54) is 51.9 Å². The number of hydrogen-bond donors (Lipinski definition) is 0. The van der Waals surface area contributed by atoms with Crippen molar-refractivity contribution < 1.29 is 0 Å². The van der Waals surface area contributed by atoms with Crippen LogP contribution in [0.25, 0.3) is 0 Å². The molecule has 1 aliphatic carbocycles. The molecular formula is C9H17IN2. The molecule has 2 rings (SSSR count). The fourth-order valence-electron chi connectivity index (χ4n) is 2.33. The van der Waals surface area contributed by atoms with Gasteiger partial charge < -0.3 is 0 Å². The van der Waals surface area contributed by atoms with Crippen LogP contribution in [0.5, 0.6) is 0 Å². The van der Waals surface area contributed by atoms with E-state index in [1.807, 2.05) is 0 Å². The molecule has 1 aliphatic heterocycles. The summed E-state index contributed by atoms with van der Waals surface area (Å²) in [4.78, 5) is 2.70. The average Bonchev–Trinajstić information content (AvgIpc) is 2.58. The third-order valence-electron chi connectivity index (χ3n) is 3.10. The van der Waals surface area contributed by atoms with Crippen LogP contribution in [-0.4, -0.2) is 40.2 Å². The van der Waals surface area contributed by atoms with Crippen LogP contribution in [0, 0.1) is 0 Å². The first-order valence-electron chi connectivity index (χ1n) is 5.01. The molecule has 0 aromatic carbocycles. The van der Waals surface area contributed by atoms with E-state index in [0.717, 1.165) is 6.04 Å². The molecule has 0 radical (unpaired) electrons. The van der Waals surface area contributed by atoms with Crippen molar-refractivity contribution in [2.24, 2.45) is 0 Å². The molecule has 70 valence electrons. The molecule has 3 heteroatoms. The topological polar surface area (TPSA) is 6.48 Å². The Morgan fingerprint density at radius 3 is 2.08 bits per heavy atom. The van der Waals surface area contributed by atoms with E-state index in [1.54, 1.807) is 0 Å². The summed E-state index contributed by atoms with van der Waals surface area (Å²) in [5.74, 6) is 0. The minimum Gasteiger partial charge on any atom is -0.298 e. The predicted octanol–water partition coefficient (Wildman–Crippen LogP) is 1.90. The van der Waals surface area contributed by atoms with E-state index in [0.29, 0.717) is 0 Å². The van der Waals surface area contributed by atoms with Gasteiger partial charge >= 0.3 is 0 Å². The molecule has 2 fully saturated rings. The van der Waals surface area contributed by atoms with Crippen LogP contribution in [0.4, 0.5) is 0 Å². The summed E-state index contributed by atoms with van der Waals surface area (Å²) in [7, 11) is 0. The summed E-state index contributed by atoms with van der Waals surface area (Å²) < 4.78 is 2.41. The lowest BCUT2D eigenvalue weighted by Gasteiger charge is -2.35. The highest BCUT2D eigenvalue weighted by atomic mass is 127. The van der Waals surface area contributed by atoms with Crippen LogP contribution in [0.2, 0.25) is 0 Å². The summed E-state index contributed by atoms with van der Waals surface area (Å²) >= 11 is 2.44.